The van der Waals surface area contributed by atoms with Gasteiger partial charge in [-0.2, -0.15) is 0 Å². The predicted octanol–water partition coefficient (Wildman–Crippen LogP) is 3.90. The largest absolute Gasteiger partial charge is 0.248 e. The van der Waals surface area contributed by atoms with E-state index in [0.717, 1.165) is 20.0 Å². The molecule has 4 nitrogen and oxygen atoms in total. The molecule has 0 atom stereocenters. The Morgan fingerprint density at radius 1 is 0.524 bits per heavy atom. The van der Waals surface area contributed by atoms with Crippen molar-refractivity contribution in [1.82, 2.24) is 19.9 Å². The molecule has 0 unspecified atom stereocenters. The van der Waals surface area contributed by atoms with Crippen LogP contribution in [0.3, 0.4) is 0 Å². The minimum Gasteiger partial charge on any atom is -0.248 e. The first kappa shape index (κ1) is 13.2. The third kappa shape index (κ3) is 1.98. The summed E-state index contributed by atoms with van der Waals surface area (Å²) >= 11 is 6.45. The SMILES string of the molecule is c1csc(C(c2nccs2)(c2nccs2)c2nccs2)n1. The van der Waals surface area contributed by atoms with E-state index in [9.17, 15) is 0 Å². The second-order valence-corrected chi connectivity index (χ2v) is 7.68. The first-order valence-corrected chi connectivity index (χ1v) is 9.54. The van der Waals surface area contributed by atoms with Crippen molar-refractivity contribution in [2.75, 3.05) is 0 Å². The molecule has 0 saturated carbocycles. The van der Waals surface area contributed by atoms with Crippen LogP contribution in [0.4, 0.5) is 0 Å². The Kier molecular flexibility index (Phi) is 3.38. The van der Waals surface area contributed by atoms with Gasteiger partial charge < -0.3 is 0 Å². The van der Waals surface area contributed by atoms with Gasteiger partial charge in [-0.3, -0.25) is 0 Å². The van der Waals surface area contributed by atoms with E-state index in [2.05, 4.69) is 19.9 Å². The van der Waals surface area contributed by atoms with Gasteiger partial charge in [0.15, 0.2) is 5.41 Å². The maximum Gasteiger partial charge on any atom is 0.176 e. The summed E-state index contributed by atoms with van der Waals surface area (Å²) in [5.41, 5.74) is -0.579. The molecule has 0 aliphatic rings. The third-order valence-corrected chi connectivity index (χ3v) is 6.58. The van der Waals surface area contributed by atoms with E-state index in [0.29, 0.717) is 0 Å². The fraction of sp³-hybridized carbons (Fsp3) is 0.0769. The average Bonchev–Trinajstić information content (AvgIpc) is 3.32. The molecule has 8 heteroatoms. The predicted molar refractivity (Wildman–Crippen MR) is 87.4 cm³/mol. The zero-order chi connectivity index (χ0) is 14.1. The smallest absolute Gasteiger partial charge is 0.176 e. The Balaban J connectivity index is 2.10. The van der Waals surface area contributed by atoms with E-state index in [-0.39, 0.29) is 0 Å². The monoisotopic (exact) mass is 348 g/mol. The molecule has 0 aliphatic carbocycles. The van der Waals surface area contributed by atoms with Crippen molar-refractivity contribution < 1.29 is 0 Å². The molecule has 4 rings (SSSR count). The summed E-state index contributed by atoms with van der Waals surface area (Å²) in [7, 11) is 0. The van der Waals surface area contributed by atoms with Crippen molar-refractivity contribution in [2.24, 2.45) is 0 Å². The molecular formula is C13H8N4S4. The minimum absolute atomic E-state index is 0.579. The Labute approximate surface area is 136 Å². The summed E-state index contributed by atoms with van der Waals surface area (Å²) in [6, 6.07) is 0. The Morgan fingerprint density at radius 3 is 1.00 bits per heavy atom. The zero-order valence-electron chi connectivity index (χ0n) is 10.5. The maximum atomic E-state index is 4.58. The molecule has 0 fully saturated rings. The average molecular weight is 349 g/mol. The van der Waals surface area contributed by atoms with Crippen LogP contribution in [0.15, 0.2) is 46.3 Å². The molecule has 104 valence electrons. The van der Waals surface area contributed by atoms with Crippen LogP contribution in [0.5, 0.6) is 0 Å². The molecule has 4 heterocycles. The summed E-state index contributed by atoms with van der Waals surface area (Å²) in [5, 5.41) is 11.8. The summed E-state index contributed by atoms with van der Waals surface area (Å²) in [4.78, 5) is 18.3. The van der Waals surface area contributed by atoms with Crippen molar-refractivity contribution in [3.63, 3.8) is 0 Å². The van der Waals surface area contributed by atoms with Crippen LogP contribution in [0.25, 0.3) is 0 Å². The highest BCUT2D eigenvalue weighted by Gasteiger charge is 2.47. The lowest BCUT2D eigenvalue weighted by atomic mass is 9.91. The number of thiazole rings is 4. The van der Waals surface area contributed by atoms with Crippen molar-refractivity contribution in [1.29, 1.82) is 0 Å². The van der Waals surface area contributed by atoms with Gasteiger partial charge in [-0.05, 0) is 0 Å². The topological polar surface area (TPSA) is 51.6 Å². The summed E-state index contributed by atoms with van der Waals surface area (Å²) in [5.74, 6) is 0. The second-order valence-electron chi connectivity index (χ2n) is 4.10. The van der Waals surface area contributed by atoms with E-state index in [4.69, 9.17) is 0 Å². The van der Waals surface area contributed by atoms with E-state index in [1.165, 1.54) is 0 Å². The van der Waals surface area contributed by atoms with Gasteiger partial charge in [0.05, 0.1) is 0 Å². The fourth-order valence-electron chi connectivity index (χ4n) is 2.18. The lowest BCUT2D eigenvalue weighted by molar-refractivity contribution is 0.713. The van der Waals surface area contributed by atoms with Crippen LogP contribution in [0.1, 0.15) is 20.0 Å². The molecule has 0 spiro atoms. The maximum absolute atomic E-state index is 4.58. The van der Waals surface area contributed by atoms with E-state index in [1.54, 1.807) is 45.3 Å². The number of rotatable bonds is 4. The lowest BCUT2D eigenvalue weighted by Gasteiger charge is -2.25. The molecule has 21 heavy (non-hydrogen) atoms. The zero-order valence-corrected chi connectivity index (χ0v) is 13.8. The number of hydrogen-bond donors (Lipinski definition) is 0. The highest BCUT2D eigenvalue weighted by Crippen LogP contribution is 2.47. The standard InChI is InChI=1S/C13H8N4S4/c1-5-18-9(14-1)13(10-15-2-6-19-10,11-16-3-7-20-11)12-17-4-8-21-12/h1-8H. The molecule has 0 radical (unpaired) electrons. The van der Waals surface area contributed by atoms with Gasteiger partial charge in [-0.15, -0.1) is 45.3 Å². The van der Waals surface area contributed by atoms with Crippen LogP contribution in [-0.4, -0.2) is 19.9 Å². The van der Waals surface area contributed by atoms with Gasteiger partial charge in [-0.25, -0.2) is 19.9 Å². The highest BCUT2D eigenvalue weighted by molar-refractivity contribution is 7.14. The van der Waals surface area contributed by atoms with E-state index in [1.807, 2.05) is 46.3 Å². The Morgan fingerprint density at radius 2 is 0.810 bits per heavy atom. The number of hydrogen-bond acceptors (Lipinski definition) is 8. The molecule has 4 aromatic heterocycles. The molecule has 0 amide bonds. The van der Waals surface area contributed by atoms with Gasteiger partial charge in [-0.1, -0.05) is 0 Å². The van der Waals surface area contributed by atoms with Crippen LogP contribution in [0.2, 0.25) is 0 Å². The van der Waals surface area contributed by atoms with Crippen molar-refractivity contribution >= 4 is 45.3 Å². The van der Waals surface area contributed by atoms with Crippen LogP contribution >= 0.6 is 45.3 Å². The summed E-state index contributed by atoms with van der Waals surface area (Å²) in [6.07, 6.45) is 7.29. The molecule has 0 bridgehead atoms. The molecule has 0 N–H and O–H groups in total. The summed E-state index contributed by atoms with van der Waals surface area (Å²) < 4.78 is 0. The Hall–Kier alpha value is -1.48. The number of nitrogens with zero attached hydrogens (tertiary/aromatic N) is 4. The van der Waals surface area contributed by atoms with E-state index < -0.39 is 5.41 Å². The van der Waals surface area contributed by atoms with Gasteiger partial charge in [0.25, 0.3) is 0 Å². The minimum atomic E-state index is -0.579. The van der Waals surface area contributed by atoms with Crippen LogP contribution < -0.4 is 0 Å². The second kappa shape index (κ2) is 5.38. The first-order valence-electron chi connectivity index (χ1n) is 6.02. The van der Waals surface area contributed by atoms with Crippen molar-refractivity contribution in [3.8, 4) is 0 Å². The quantitative estimate of drug-likeness (QED) is 0.561. The highest BCUT2D eigenvalue weighted by atomic mass is 32.1. The normalized spacial score (nSPS) is 11.8. The third-order valence-electron chi connectivity index (χ3n) is 3.01. The molecule has 0 saturated heterocycles. The van der Waals surface area contributed by atoms with Crippen LogP contribution in [0, 0.1) is 0 Å². The van der Waals surface area contributed by atoms with Gasteiger partial charge in [0.1, 0.15) is 20.0 Å². The molecule has 0 aromatic carbocycles. The molecule has 4 aromatic rings. The van der Waals surface area contributed by atoms with Gasteiger partial charge in [0.2, 0.25) is 0 Å². The van der Waals surface area contributed by atoms with E-state index >= 15 is 0 Å². The lowest BCUT2D eigenvalue weighted by Crippen LogP contribution is -2.30. The molecular weight excluding hydrogens is 340 g/mol. The Bertz CT molecular complexity index is 646. The molecule has 0 aliphatic heterocycles. The first-order chi connectivity index (χ1) is 10.4. The van der Waals surface area contributed by atoms with Gasteiger partial charge >= 0.3 is 0 Å². The van der Waals surface area contributed by atoms with Crippen LogP contribution in [-0.2, 0) is 5.41 Å². The van der Waals surface area contributed by atoms with Crippen molar-refractivity contribution in [3.05, 3.63) is 66.3 Å². The fourth-order valence-corrected chi connectivity index (χ4v) is 5.93. The summed E-state index contributed by atoms with van der Waals surface area (Å²) in [6.45, 7) is 0. The number of aromatic nitrogens is 4. The van der Waals surface area contributed by atoms with Crippen molar-refractivity contribution in [2.45, 2.75) is 5.41 Å². The van der Waals surface area contributed by atoms with Gasteiger partial charge in [0, 0.05) is 46.3 Å².